The Balaban J connectivity index is 1.88. The maximum Gasteiger partial charge on any atom is 0.228 e. The number of nitrogens with zero attached hydrogens (tertiary/aromatic N) is 5. The van der Waals surface area contributed by atoms with Crippen molar-refractivity contribution in [2.24, 2.45) is 10.1 Å². The van der Waals surface area contributed by atoms with Gasteiger partial charge in [0, 0.05) is 30.2 Å². The quantitative estimate of drug-likeness (QED) is 0.257. The lowest BCUT2D eigenvalue weighted by atomic mass is 10.0. The second kappa shape index (κ2) is 9.53. The molecule has 1 aromatic rings. The van der Waals surface area contributed by atoms with Crippen LogP contribution in [0, 0.1) is 11.5 Å². The standard InChI is InChI=1S/C19H23ClN6O2/c1-2-28-11-9-22-19(23-13-21)26-12-16(25-10-3-4-17(25)27)18(24-26)14-5-7-15(20)8-6-14/h5-8,16H,2-4,9-12H2,1H3,(H,22,23). The highest BCUT2D eigenvalue weighted by molar-refractivity contribution is 6.30. The lowest BCUT2D eigenvalue weighted by molar-refractivity contribution is -0.128. The van der Waals surface area contributed by atoms with Gasteiger partial charge in [0.2, 0.25) is 11.9 Å². The monoisotopic (exact) mass is 402 g/mol. The lowest BCUT2D eigenvalue weighted by Crippen LogP contribution is -2.45. The number of nitriles is 1. The molecular formula is C19H23ClN6O2. The van der Waals surface area contributed by atoms with Crippen LogP contribution < -0.4 is 5.32 Å². The van der Waals surface area contributed by atoms with E-state index in [1.807, 2.05) is 30.1 Å². The summed E-state index contributed by atoms with van der Waals surface area (Å²) in [6, 6.07) is 7.18. The number of carbonyl (C=O) groups excluding carboxylic acids is 1. The number of benzene rings is 1. The van der Waals surface area contributed by atoms with Crippen LogP contribution in [0.4, 0.5) is 0 Å². The van der Waals surface area contributed by atoms with E-state index in [0.29, 0.717) is 50.3 Å². The van der Waals surface area contributed by atoms with Gasteiger partial charge < -0.3 is 9.64 Å². The van der Waals surface area contributed by atoms with Crippen LogP contribution in [0.5, 0.6) is 0 Å². The number of aliphatic imine (C=N–C) groups is 1. The summed E-state index contributed by atoms with van der Waals surface area (Å²) in [4.78, 5) is 18.6. The average Bonchev–Trinajstić information content (AvgIpc) is 3.31. The Kier molecular flexibility index (Phi) is 6.85. The zero-order valence-electron chi connectivity index (χ0n) is 15.8. The first-order valence-electron chi connectivity index (χ1n) is 9.32. The van der Waals surface area contributed by atoms with Crippen molar-refractivity contribution in [3.8, 4) is 6.19 Å². The molecule has 0 saturated carbocycles. The van der Waals surface area contributed by atoms with Crippen LogP contribution in [0.3, 0.4) is 0 Å². The van der Waals surface area contributed by atoms with E-state index in [2.05, 4.69) is 10.3 Å². The summed E-state index contributed by atoms with van der Waals surface area (Å²) in [6.45, 7) is 4.53. The number of hydrazone groups is 1. The Morgan fingerprint density at radius 1 is 1.46 bits per heavy atom. The number of nitrogens with one attached hydrogen (secondary N) is 1. The predicted octanol–water partition coefficient (Wildman–Crippen LogP) is 1.81. The van der Waals surface area contributed by atoms with Gasteiger partial charge in [-0.2, -0.15) is 10.4 Å². The summed E-state index contributed by atoms with van der Waals surface area (Å²) < 4.78 is 5.31. The van der Waals surface area contributed by atoms with Crippen LogP contribution in [0.25, 0.3) is 0 Å². The number of ether oxygens (including phenoxy) is 1. The van der Waals surface area contributed by atoms with Gasteiger partial charge in [-0.25, -0.2) is 10.0 Å². The molecule has 1 unspecified atom stereocenters. The molecule has 2 aliphatic heterocycles. The fourth-order valence-corrected chi connectivity index (χ4v) is 3.46. The molecule has 2 heterocycles. The molecule has 0 aromatic heterocycles. The maximum atomic E-state index is 12.4. The third kappa shape index (κ3) is 4.61. The number of guanidine groups is 1. The fourth-order valence-electron chi connectivity index (χ4n) is 3.33. The first kappa shape index (κ1) is 20.1. The van der Waals surface area contributed by atoms with Crippen LogP contribution in [0.15, 0.2) is 34.4 Å². The molecule has 28 heavy (non-hydrogen) atoms. The lowest BCUT2D eigenvalue weighted by Gasteiger charge is -2.25. The summed E-state index contributed by atoms with van der Waals surface area (Å²) in [5, 5.41) is 18.7. The summed E-state index contributed by atoms with van der Waals surface area (Å²) in [7, 11) is 0. The number of hydrogen-bond acceptors (Lipinski definition) is 5. The van der Waals surface area contributed by atoms with Gasteiger partial charge in [0.1, 0.15) is 0 Å². The summed E-state index contributed by atoms with van der Waals surface area (Å²) in [5.74, 6) is 0.472. The molecule has 0 aliphatic carbocycles. The van der Waals surface area contributed by atoms with E-state index in [9.17, 15) is 4.79 Å². The summed E-state index contributed by atoms with van der Waals surface area (Å²) in [5.41, 5.74) is 1.66. The minimum absolute atomic E-state index is 0.122. The minimum atomic E-state index is -0.200. The van der Waals surface area contributed by atoms with Crippen molar-refractivity contribution < 1.29 is 9.53 Å². The SMILES string of the molecule is CCOCCN=C(NC#N)N1CC(N2CCCC2=O)C(c2ccc(Cl)cc2)=N1. The molecule has 0 spiro atoms. The Labute approximate surface area is 169 Å². The van der Waals surface area contributed by atoms with Crippen LogP contribution in [-0.4, -0.2) is 66.4 Å². The first-order chi connectivity index (χ1) is 13.6. The van der Waals surface area contributed by atoms with Crippen molar-refractivity contribution in [1.29, 1.82) is 5.26 Å². The third-order valence-corrected chi connectivity index (χ3v) is 4.88. The van der Waals surface area contributed by atoms with E-state index in [1.165, 1.54) is 0 Å². The number of hydrogen-bond donors (Lipinski definition) is 1. The van der Waals surface area contributed by atoms with E-state index in [1.54, 1.807) is 17.1 Å². The van der Waals surface area contributed by atoms with Gasteiger partial charge in [0.15, 0.2) is 6.19 Å². The smallest absolute Gasteiger partial charge is 0.228 e. The molecule has 2 aliphatic rings. The van der Waals surface area contributed by atoms with E-state index in [-0.39, 0.29) is 11.9 Å². The zero-order chi connectivity index (χ0) is 19.9. The number of amides is 1. The molecular weight excluding hydrogens is 380 g/mol. The molecule has 148 valence electrons. The highest BCUT2D eigenvalue weighted by Gasteiger charge is 2.38. The molecule has 0 radical (unpaired) electrons. The maximum absolute atomic E-state index is 12.4. The molecule has 9 heteroatoms. The molecule has 1 amide bonds. The number of halogens is 1. The average molecular weight is 403 g/mol. The van der Waals surface area contributed by atoms with Crippen molar-refractivity contribution in [1.82, 2.24) is 15.2 Å². The molecule has 1 fully saturated rings. The second-order valence-corrected chi connectivity index (χ2v) is 6.86. The first-order valence-corrected chi connectivity index (χ1v) is 9.70. The Bertz CT molecular complexity index is 802. The van der Waals surface area contributed by atoms with Crippen molar-refractivity contribution >= 4 is 29.2 Å². The fraction of sp³-hybridized carbons (Fsp3) is 0.474. The van der Waals surface area contributed by atoms with E-state index < -0.39 is 0 Å². The largest absolute Gasteiger partial charge is 0.380 e. The number of carbonyl (C=O) groups is 1. The Hall–Kier alpha value is -2.63. The third-order valence-electron chi connectivity index (χ3n) is 4.63. The zero-order valence-corrected chi connectivity index (χ0v) is 16.5. The van der Waals surface area contributed by atoms with E-state index in [0.717, 1.165) is 17.7 Å². The van der Waals surface area contributed by atoms with Crippen molar-refractivity contribution in [2.45, 2.75) is 25.8 Å². The summed E-state index contributed by atoms with van der Waals surface area (Å²) in [6.07, 6.45) is 3.30. The molecule has 1 saturated heterocycles. The number of rotatable bonds is 6. The van der Waals surface area contributed by atoms with Crippen molar-refractivity contribution in [3.63, 3.8) is 0 Å². The van der Waals surface area contributed by atoms with Crippen LogP contribution in [0.1, 0.15) is 25.3 Å². The van der Waals surface area contributed by atoms with Gasteiger partial charge in [0.25, 0.3) is 0 Å². The highest BCUT2D eigenvalue weighted by Crippen LogP contribution is 2.24. The summed E-state index contributed by atoms with van der Waals surface area (Å²) >= 11 is 6.02. The Morgan fingerprint density at radius 2 is 2.25 bits per heavy atom. The second-order valence-electron chi connectivity index (χ2n) is 6.42. The van der Waals surface area contributed by atoms with Crippen molar-refractivity contribution in [2.75, 3.05) is 32.8 Å². The van der Waals surface area contributed by atoms with Crippen molar-refractivity contribution in [3.05, 3.63) is 34.9 Å². The van der Waals surface area contributed by atoms with E-state index >= 15 is 0 Å². The van der Waals surface area contributed by atoms with Crippen LogP contribution in [-0.2, 0) is 9.53 Å². The van der Waals surface area contributed by atoms with Gasteiger partial charge in [-0.1, -0.05) is 23.7 Å². The molecule has 8 nitrogen and oxygen atoms in total. The molecule has 0 bridgehead atoms. The number of likely N-dealkylation sites (tertiary alicyclic amines) is 1. The van der Waals surface area contributed by atoms with Gasteiger partial charge in [-0.05, 0) is 25.5 Å². The minimum Gasteiger partial charge on any atom is -0.380 e. The van der Waals surface area contributed by atoms with Gasteiger partial charge in [0.05, 0.1) is 31.4 Å². The predicted molar refractivity (Wildman–Crippen MR) is 107 cm³/mol. The highest BCUT2D eigenvalue weighted by atomic mass is 35.5. The molecule has 3 rings (SSSR count). The molecule has 1 atom stereocenters. The van der Waals surface area contributed by atoms with E-state index in [4.69, 9.17) is 26.7 Å². The van der Waals surface area contributed by atoms with Gasteiger partial charge >= 0.3 is 0 Å². The topological polar surface area (TPSA) is 93.3 Å². The normalized spacial score (nSPS) is 19.8. The molecule has 1 N–H and O–H groups in total. The Morgan fingerprint density at radius 3 is 2.89 bits per heavy atom. The van der Waals surface area contributed by atoms with Crippen LogP contribution in [0.2, 0.25) is 5.02 Å². The molecule has 1 aromatic carbocycles. The van der Waals surface area contributed by atoms with Crippen LogP contribution >= 0.6 is 11.6 Å². The van der Waals surface area contributed by atoms with Gasteiger partial charge in [-0.3, -0.25) is 10.1 Å². The van der Waals surface area contributed by atoms with Gasteiger partial charge in [-0.15, -0.1) is 0 Å².